The normalized spacial score (nSPS) is 29.2. The van der Waals surface area contributed by atoms with Gasteiger partial charge in [0.1, 0.15) is 0 Å². The largest absolute Gasteiger partial charge is 0.312 e. The molecule has 2 atom stereocenters. The second-order valence-corrected chi connectivity index (χ2v) is 7.04. The standard InChI is InChI=1S/C17H35N3/c1-4-11-18-17(15-9-6-5-7-10-15)16-14-19(2)12-8-13-20(16)3/h15-18H,4-14H2,1-3H3. The Labute approximate surface area is 126 Å². The predicted octanol–water partition coefficient (Wildman–Crippen LogP) is 2.57. The highest BCUT2D eigenvalue weighted by Crippen LogP contribution is 2.29. The highest BCUT2D eigenvalue weighted by atomic mass is 15.2. The Morgan fingerprint density at radius 3 is 2.50 bits per heavy atom. The molecule has 1 saturated heterocycles. The molecule has 1 saturated carbocycles. The van der Waals surface area contributed by atoms with E-state index in [4.69, 9.17) is 0 Å². The third-order valence-corrected chi connectivity index (χ3v) is 5.32. The van der Waals surface area contributed by atoms with Gasteiger partial charge in [-0.25, -0.2) is 0 Å². The van der Waals surface area contributed by atoms with Gasteiger partial charge in [-0.2, -0.15) is 0 Å². The van der Waals surface area contributed by atoms with Crippen LogP contribution in [-0.2, 0) is 0 Å². The molecule has 3 heteroatoms. The fraction of sp³-hybridized carbons (Fsp3) is 1.00. The maximum Gasteiger partial charge on any atom is 0.0376 e. The number of likely N-dealkylation sites (N-methyl/N-ethyl adjacent to an activating group) is 2. The molecule has 2 fully saturated rings. The van der Waals surface area contributed by atoms with Gasteiger partial charge in [0.15, 0.2) is 0 Å². The molecular weight excluding hydrogens is 246 g/mol. The molecule has 1 aliphatic carbocycles. The summed E-state index contributed by atoms with van der Waals surface area (Å²) in [4.78, 5) is 5.17. The third kappa shape index (κ3) is 4.44. The van der Waals surface area contributed by atoms with E-state index in [0.717, 1.165) is 5.92 Å². The Hall–Kier alpha value is -0.120. The van der Waals surface area contributed by atoms with Crippen molar-refractivity contribution < 1.29 is 0 Å². The van der Waals surface area contributed by atoms with Gasteiger partial charge in [-0.1, -0.05) is 26.2 Å². The van der Waals surface area contributed by atoms with Crippen molar-refractivity contribution in [3.63, 3.8) is 0 Å². The Kier molecular flexibility index (Phi) is 6.79. The van der Waals surface area contributed by atoms with Crippen LogP contribution in [0.25, 0.3) is 0 Å². The minimum atomic E-state index is 0.692. The molecule has 2 aliphatic rings. The quantitative estimate of drug-likeness (QED) is 0.835. The maximum absolute atomic E-state index is 3.92. The van der Waals surface area contributed by atoms with Crippen molar-refractivity contribution in [2.75, 3.05) is 40.3 Å². The van der Waals surface area contributed by atoms with Crippen molar-refractivity contribution in [1.82, 2.24) is 15.1 Å². The lowest BCUT2D eigenvalue weighted by molar-refractivity contribution is 0.126. The van der Waals surface area contributed by atoms with E-state index in [2.05, 4.69) is 36.1 Å². The molecule has 0 aromatic heterocycles. The lowest BCUT2D eigenvalue weighted by Crippen LogP contribution is -2.56. The predicted molar refractivity (Wildman–Crippen MR) is 87.2 cm³/mol. The monoisotopic (exact) mass is 281 g/mol. The fourth-order valence-corrected chi connectivity index (χ4v) is 4.11. The van der Waals surface area contributed by atoms with E-state index in [0.29, 0.717) is 12.1 Å². The first-order valence-electron chi connectivity index (χ1n) is 8.84. The number of nitrogens with zero attached hydrogens (tertiary/aromatic N) is 2. The minimum absolute atomic E-state index is 0.692. The van der Waals surface area contributed by atoms with Gasteiger partial charge in [0.05, 0.1) is 0 Å². The van der Waals surface area contributed by atoms with Crippen LogP contribution in [0.15, 0.2) is 0 Å². The van der Waals surface area contributed by atoms with Gasteiger partial charge in [0, 0.05) is 18.6 Å². The molecule has 0 amide bonds. The van der Waals surface area contributed by atoms with Crippen LogP contribution in [0.5, 0.6) is 0 Å². The van der Waals surface area contributed by atoms with Crippen molar-refractivity contribution in [2.24, 2.45) is 5.92 Å². The molecule has 2 rings (SSSR count). The molecule has 0 radical (unpaired) electrons. The van der Waals surface area contributed by atoms with E-state index in [1.807, 2.05) is 0 Å². The van der Waals surface area contributed by atoms with Gasteiger partial charge in [0.2, 0.25) is 0 Å². The lowest BCUT2D eigenvalue weighted by atomic mass is 9.80. The summed E-state index contributed by atoms with van der Waals surface area (Å²) in [6.07, 6.45) is 9.79. The highest BCUT2D eigenvalue weighted by Gasteiger charge is 2.33. The summed E-state index contributed by atoms with van der Waals surface area (Å²) in [6, 6.07) is 1.39. The highest BCUT2D eigenvalue weighted by molar-refractivity contribution is 4.92. The van der Waals surface area contributed by atoms with Gasteiger partial charge in [-0.05, 0) is 65.3 Å². The van der Waals surface area contributed by atoms with Crippen LogP contribution in [-0.4, -0.2) is 62.2 Å². The summed E-state index contributed by atoms with van der Waals surface area (Å²) in [7, 11) is 4.64. The molecule has 0 aromatic carbocycles. The van der Waals surface area contributed by atoms with Crippen LogP contribution in [0.4, 0.5) is 0 Å². The van der Waals surface area contributed by atoms with E-state index >= 15 is 0 Å². The summed E-state index contributed by atoms with van der Waals surface area (Å²) in [6.45, 7) is 7.20. The van der Waals surface area contributed by atoms with Crippen molar-refractivity contribution in [2.45, 2.75) is 64.0 Å². The van der Waals surface area contributed by atoms with Gasteiger partial charge in [-0.15, -0.1) is 0 Å². The van der Waals surface area contributed by atoms with Crippen LogP contribution in [0, 0.1) is 5.92 Å². The zero-order chi connectivity index (χ0) is 14.4. The van der Waals surface area contributed by atoms with Crippen LogP contribution in [0.3, 0.4) is 0 Å². The fourth-order valence-electron chi connectivity index (χ4n) is 4.11. The SMILES string of the molecule is CCCNC(C1CCCCC1)C1CN(C)CCCN1C. The third-order valence-electron chi connectivity index (χ3n) is 5.32. The average molecular weight is 281 g/mol. The van der Waals surface area contributed by atoms with E-state index in [1.54, 1.807) is 0 Å². The first kappa shape index (κ1) is 16.3. The molecule has 1 heterocycles. The lowest BCUT2D eigenvalue weighted by Gasteiger charge is -2.41. The van der Waals surface area contributed by atoms with Crippen molar-refractivity contribution in [3.8, 4) is 0 Å². The molecule has 3 nitrogen and oxygen atoms in total. The van der Waals surface area contributed by atoms with Crippen molar-refractivity contribution >= 4 is 0 Å². The van der Waals surface area contributed by atoms with Crippen molar-refractivity contribution in [1.29, 1.82) is 0 Å². The first-order chi connectivity index (χ1) is 9.72. The molecule has 2 unspecified atom stereocenters. The van der Waals surface area contributed by atoms with Crippen LogP contribution in [0.1, 0.15) is 51.9 Å². The summed E-state index contributed by atoms with van der Waals surface area (Å²) < 4.78 is 0. The Morgan fingerprint density at radius 2 is 1.80 bits per heavy atom. The summed E-state index contributed by atoms with van der Waals surface area (Å²) >= 11 is 0. The Balaban J connectivity index is 2.05. The zero-order valence-electron chi connectivity index (χ0n) is 13.9. The van der Waals surface area contributed by atoms with Crippen LogP contribution < -0.4 is 5.32 Å². The molecule has 1 N–H and O–H groups in total. The molecule has 20 heavy (non-hydrogen) atoms. The number of hydrogen-bond acceptors (Lipinski definition) is 3. The average Bonchev–Trinajstić information content (AvgIpc) is 2.62. The molecule has 1 aliphatic heterocycles. The summed E-state index contributed by atoms with van der Waals surface area (Å²) in [5, 5.41) is 3.92. The molecule has 118 valence electrons. The number of rotatable bonds is 5. The number of nitrogens with one attached hydrogen (secondary N) is 1. The molecule has 0 aromatic rings. The molecular formula is C17H35N3. The van der Waals surface area contributed by atoms with E-state index in [-0.39, 0.29) is 0 Å². The molecule has 0 bridgehead atoms. The topological polar surface area (TPSA) is 18.5 Å². The van der Waals surface area contributed by atoms with E-state index in [1.165, 1.54) is 71.1 Å². The number of hydrogen-bond donors (Lipinski definition) is 1. The Morgan fingerprint density at radius 1 is 1.05 bits per heavy atom. The Bertz CT molecular complexity index is 263. The van der Waals surface area contributed by atoms with Gasteiger partial charge < -0.3 is 15.1 Å². The van der Waals surface area contributed by atoms with Gasteiger partial charge in [0.25, 0.3) is 0 Å². The summed E-state index contributed by atoms with van der Waals surface area (Å²) in [5.74, 6) is 0.897. The van der Waals surface area contributed by atoms with Gasteiger partial charge >= 0.3 is 0 Å². The van der Waals surface area contributed by atoms with Crippen molar-refractivity contribution in [3.05, 3.63) is 0 Å². The summed E-state index contributed by atoms with van der Waals surface area (Å²) in [5.41, 5.74) is 0. The van der Waals surface area contributed by atoms with E-state index < -0.39 is 0 Å². The zero-order valence-corrected chi connectivity index (χ0v) is 13.9. The smallest absolute Gasteiger partial charge is 0.0376 e. The van der Waals surface area contributed by atoms with Crippen LogP contribution >= 0.6 is 0 Å². The minimum Gasteiger partial charge on any atom is -0.312 e. The second kappa shape index (κ2) is 8.35. The second-order valence-electron chi connectivity index (χ2n) is 7.04. The van der Waals surface area contributed by atoms with Crippen LogP contribution in [0.2, 0.25) is 0 Å². The van der Waals surface area contributed by atoms with Gasteiger partial charge in [-0.3, -0.25) is 0 Å². The van der Waals surface area contributed by atoms with E-state index in [9.17, 15) is 0 Å². The first-order valence-corrected chi connectivity index (χ1v) is 8.84. The maximum atomic E-state index is 3.92. The molecule has 0 spiro atoms.